The highest BCUT2D eigenvalue weighted by Gasteiger charge is 2.18. The second-order valence-corrected chi connectivity index (χ2v) is 8.31. The maximum absolute atomic E-state index is 12.5. The van der Waals surface area contributed by atoms with Gasteiger partial charge in [-0.2, -0.15) is 5.10 Å². The summed E-state index contributed by atoms with van der Waals surface area (Å²) in [6, 6.07) is 5.24. The van der Waals surface area contributed by atoms with Crippen molar-refractivity contribution >= 4 is 45.8 Å². The van der Waals surface area contributed by atoms with Crippen molar-refractivity contribution in [1.82, 2.24) is 19.7 Å². The highest BCUT2D eigenvalue weighted by molar-refractivity contribution is 6.32. The van der Waals surface area contributed by atoms with Crippen molar-refractivity contribution < 1.29 is 9.90 Å². The lowest BCUT2D eigenvalue weighted by Gasteiger charge is -2.12. The van der Waals surface area contributed by atoms with Gasteiger partial charge >= 0.3 is 0 Å². The normalized spacial score (nSPS) is 11.4. The molecule has 0 saturated heterocycles. The Morgan fingerprint density at radius 2 is 1.90 bits per heavy atom. The minimum Gasteiger partial charge on any atom is -0.396 e. The minimum atomic E-state index is -0.0204. The zero-order chi connectivity index (χ0) is 21.8. The van der Waals surface area contributed by atoms with Gasteiger partial charge in [0.2, 0.25) is 0 Å². The van der Waals surface area contributed by atoms with E-state index in [1.165, 1.54) is 0 Å². The highest BCUT2D eigenvalue weighted by atomic mass is 35.5. The topological polar surface area (TPSA) is 92.9 Å². The first kappa shape index (κ1) is 22.5. The molecule has 0 radical (unpaired) electrons. The van der Waals surface area contributed by atoms with E-state index in [1.807, 2.05) is 17.8 Å². The Balaban J connectivity index is 1.82. The van der Waals surface area contributed by atoms with Crippen molar-refractivity contribution in [3.63, 3.8) is 0 Å². The Kier molecular flexibility index (Phi) is 7.28. The summed E-state index contributed by atoms with van der Waals surface area (Å²) in [5.41, 5.74) is 4.46. The number of hydrogen-bond donors (Lipinski definition) is 2. The molecule has 9 heteroatoms. The molecule has 0 fully saturated rings. The van der Waals surface area contributed by atoms with E-state index < -0.39 is 0 Å². The fourth-order valence-corrected chi connectivity index (χ4v) is 3.92. The van der Waals surface area contributed by atoms with Gasteiger partial charge in [-0.25, -0.2) is 9.97 Å². The van der Waals surface area contributed by atoms with Crippen LogP contribution in [-0.4, -0.2) is 43.8 Å². The minimum absolute atomic E-state index is 0.0204. The fraction of sp³-hybridized carbons (Fsp3) is 0.429. The van der Waals surface area contributed by atoms with Gasteiger partial charge in [-0.05, 0) is 48.1 Å². The van der Waals surface area contributed by atoms with Crippen LogP contribution in [0.5, 0.6) is 0 Å². The van der Waals surface area contributed by atoms with Gasteiger partial charge in [-0.3, -0.25) is 9.48 Å². The predicted octanol–water partition coefficient (Wildman–Crippen LogP) is 3.94. The van der Waals surface area contributed by atoms with Crippen LogP contribution in [-0.2, 0) is 24.7 Å². The Bertz CT molecular complexity index is 1040. The van der Waals surface area contributed by atoms with Crippen LogP contribution >= 0.6 is 23.2 Å². The number of ketones is 1. The van der Waals surface area contributed by atoms with E-state index in [9.17, 15) is 9.90 Å². The molecule has 3 aromatic rings. The molecule has 2 N–H and O–H groups in total. The number of nitrogens with zero attached hydrogens (tertiary/aromatic N) is 4. The van der Waals surface area contributed by atoms with E-state index in [2.05, 4.69) is 29.2 Å². The molecule has 0 aliphatic carbocycles. The van der Waals surface area contributed by atoms with Crippen molar-refractivity contribution in [2.75, 3.05) is 18.5 Å². The third kappa shape index (κ3) is 5.28. The summed E-state index contributed by atoms with van der Waals surface area (Å²) in [5, 5.41) is 17.4. The molecule has 3 aromatic heterocycles. The molecule has 0 saturated carbocycles. The number of anilines is 1. The summed E-state index contributed by atoms with van der Waals surface area (Å²) < 4.78 is 1.84. The zero-order valence-corrected chi connectivity index (χ0v) is 18.8. The number of aryl methyl sites for hydroxylation is 2. The average molecular weight is 450 g/mol. The lowest BCUT2D eigenvalue weighted by Crippen LogP contribution is -2.17. The van der Waals surface area contributed by atoms with Crippen molar-refractivity contribution in [2.24, 2.45) is 7.05 Å². The number of halogens is 2. The Hall–Kier alpha value is -2.22. The zero-order valence-electron chi connectivity index (χ0n) is 17.2. The number of rotatable bonds is 9. The van der Waals surface area contributed by atoms with E-state index in [-0.39, 0.29) is 41.6 Å². The fourth-order valence-electron chi connectivity index (χ4n) is 3.42. The monoisotopic (exact) mass is 449 g/mol. The van der Waals surface area contributed by atoms with Gasteiger partial charge in [0.1, 0.15) is 21.6 Å². The molecule has 0 spiro atoms. The van der Waals surface area contributed by atoms with E-state index in [0.29, 0.717) is 18.7 Å². The lowest BCUT2D eigenvalue weighted by molar-refractivity contribution is -0.116. The summed E-state index contributed by atoms with van der Waals surface area (Å²) in [7, 11) is 1.90. The number of aromatic nitrogens is 4. The van der Waals surface area contributed by atoms with Gasteiger partial charge in [0.05, 0.1) is 17.8 Å². The molecule has 0 amide bonds. The van der Waals surface area contributed by atoms with Crippen LogP contribution in [0.2, 0.25) is 10.3 Å². The molecule has 30 heavy (non-hydrogen) atoms. The average Bonchev–Trinajstić information content (AvgIpc) is 2.99. The van der Waals surface area contributed by atoms with Crippen LogP contribution in [0, 0.1) is 0 Å². The summed E-state index contributed by atoms with van der Waals surface area (Å²) in [4.78, 5) is 21.1. The van der Waals surface area contributed by atoms with Gasteiger partial charge in [-0.1, -0.05) is 37.0 Å². The summed E-state index contributed by atoms with van der Waals surface area (Å²) in [5.74, 6) is 0.866. The van der Waals surface area contributed by atoms with Crippen LogP contribution in [0.25, 0.3) is 11.0 Å². The molecule has 0 unspecified atom stereocenters. The molecule has 3 rings (SSSR count). The van der Waals surface area contributed by atoms with E-state index in [4.69, 9.17) is 28.2 Å². The number of hydrogen-bond acceptors (Lipinski definition) is 6. The lowest BCUT2D eigenvalue weighted by atomic mass is 10.0. The first-order valence-electron chi connectivity index (χ1n) is 9.83. The van der Waals surface area contributed by atoms with Gasteiger partial charge < -0.3 is 10.4 Å². The smallest absolute Gasteiger partial charge is 0.156 e. The number of Topliss-reactive ketones (excluding diaryl/α,β-unsaturated/α-hetero) is 1. The second-order valence-electron chi connectivity index (χ2n) is 7.54. The summed E-state index contributed by atoms with van der Waals surface area (Å²) >= 11 is 11.8. The Labute approximate surface area is 185 Å². The van der Waals surface area contributed by atoms with Crippen LogP contribution in [0.15, 0.2) is 18.2 Å². The summed E-state index contributed by atoms with van der Waals surface area (Å²) in [6.07, 6.45) is 1.46. The second kappa shape index (κ2) is 9.73. The molecule has 0 aliphatic rings. The molecule has 3 heterocycles. The molecule has 160 valence electrons. The van der Waals surface area contributed by atoms with Gasteiger partial charge in [-0.15, -0.1) is 0 Å². The van der Waals surface area contributed by atoms with Crippen molar-refractivity contribution in [3.8, 4) is 0 Å². The summed E-state index contributed by atoms with van der Waals surface area (Å²) in [6.45, 7) is 4.45. The first-order valence-corrected chi connectivity index (χ1v) is 10.6. The maximum Gasteiger partial charge on any atom is 0.156 e. The molecular formula is C21H25Cl2N5O2. The van der Waals surface area contributed by atoms with Gasteiger partial charge in [0.15, 0.2) is 5.78 Å². The largest absolute Gasteiger partial charge is 0.396 e. The third-order valence-corrected chi connectivity index (χ3v) is 5.16. The maximum atomic E-state index is 12.5. The SMILES string of the molecule is CC(C)c1cc(NCC(=O)Cc2cc(Cl)nc(Cl)c2)nc2c(CCCO)nn(C)c12. The van der Waals surface area contributed by atoms with Crippen LogP contribution < -0.4 is 5.32 Å². The number of fused-ring (bicyclic) bond motifs is 1. The Morgan fingerprint density at radius 3 is 2.53 bits per heavy atom. The predicted molar refractivity (Wildman–Crippen MR) is 119 cm³/mol. The van der Waals surface area contributed by atoms with E-state index >= 15 is 0 Å². The van der Waals surface area contributed by atoms with Crippen LogP contribution in [0.4, 0.5) is 5.82 Å². The number of carbonyl (C=O) groups is 1. The number of nitrogens with one attached hydrogen (secondary N) is 1. The molecule has 0 aromatic carbocycles. The highest BCUT2D eigenvalue weighted by Crippen LogP contribution is 2.29. The van der Waals surface area contributed by atoms with Crippen LogP contribution in [0.1, 0.15) is 43.0 Å². The van der Waals surface area contributed by atoms with Gasteiger partial charge in [0, 0.05) is 20.1 Å². The molecule has 0 aliphatic heterocycles. The van der Waals surface area contributed by atoms with Crippen molar-refractivity contribution in [1.29, 1.82) is 0 Å². The van der Waals surface area contributed by atoms with Crippen LogP contribution in [0.3, 0.4) is 0 Å². The third-order valence-electron chi connectivity index (χ3n) is 4.77. The molecule has 0 bridgehead atoms. The molecule has 0 atom stereocenters. The van der Waals surface area contributed by atoms with E-state index in [1.54, 1.807) is 12.1 Å². The van der Waals surface area contributed by atoms with Crippen molar-refractivity contribution in [3.05, 3.63) is 45.3 Å². The standard InChI is InChI=1S/C21H25Cl2N5O2/c1-12(2)15-10-19(26-20-16(5-4-6-29)27-28(3)21(15)20)24-11-14(30)7-13-8-17(22)25-18(23)9-13/h8-10,12,29H,4-7,11H2,1-3H3,(H,24,26). The molecular weight excluding hydrogens is 425 g/mol. The number of aliphatic hydroxyl groups is 1. The van der Waals surface area contributed by atoms with E-state index in [0.717, 1.165) is 27.9 Å². The number of pyridine rings is 2. The Morgan fingerprint density at radius 1 is 1.20 bits per heavy atom. The quantitative estimate of drug-likeness (QED) is 0.480. The molecule has 7 nitrogen and oxygen atoms in total. The first-order chi connectivity index (χ1) is 14.3. The van der Waals surface area contributed by atoms with Gasteiger partial charge in [0.25, 0.3) is 0 Å². The van der Waals surface area contributed by atoms with Crippen molar-refractivity contribution in [2.45, 2.75) is 39.0 Å². The number of carbonyl (C=O) groups excluding carboxylic acids is 1. The number of aliphatic hydroxyl groups excluding tert-OH is 1.